The summed E-state index contributed by atoms with van der Waals surface area (Å²) < 4.78 is 0. The third-order valence-corrected chi connectivity index (χ3v) is 4.08. The molecule has 0 bridgehead atoms. The van der Waals surface area contributed by atoms with Crippen LogP contribution in [-0.4, -0.2) is 42.9 Å². The Bertz CT molecular complexity index is 635. The normalized spacial score (nSPS) is 17.0. The molecule has 23 heavy (non-hydrogen) atoms. The molecule has 1 aromatic carbocycles. The zero-order chi connectivity index (χ0) is 16.8. The smallest absolute Gasteiger partial charge is 0.255 e. The molecule has 7 heteroatoms. The minimum absolute atomic E-state index is 0.00462. The van der Waals surface area contributed by atoms with Crippen molar-refractivity contribution in [1.29, 1.82) is 0 Å². The summed E-state index contributed by atoms with van der Waals surface area (Å²) in [5.41, 5.74) is 9.59. The molecule has 1 saturated heterocycles. The molecule has 1 heterocycles. The van der Waals surface area contributed by atoms with Gasteiger partial charge in [0, 0.05) is 37.5 Å². The van der Waals surface area contributed by atoms with E-state index in [0.717, 1.165) is 0 Å². The van der Waals surface area contributed by atoms with Crippen molar-refractivity contribution in [2.45, 2.75) is 20.3 Å². The number of hydrogen-bond donors (Lipinski definition) is 0. The quantitative estimate of drug-likeness (QED) is 0.459. The Balaban J connectivity index is 2.28. The van der Waals surface area contributed by atoms with E-state index in [4.69, 9.17) is 5.53 Å². The summed E-state index contributed by atoms with van der Waals surface area (Å²) >= 11 is 0. The molecule has 0 N–H and O–H groups in total. The molecule has 1 atom stereocenters. The van der Waals surface area contributed by atoms with E-state index in [0.29, 0.717) is 43.9 Å². The second-order valence-corrected chi connectivity index (χ2v) is 5.48. The lowest BCUT2D eigenvalue weighted by Crippen LogP contribution is -2.33. The molecule has 2 rings (SSSR count). The van der Waals surface area contributed by atoms with Gasteiger partial charge in [-0.1, -0.05) is 17.2 Å². The molecule has 0 saturated carbocycles. The van der Waals surface area contributed by atoms with Crippen LogP contribution in [0, 0.1) is 5.92 Å². The second-order valence-electron chi connectivity index (χ2n) is 5.48. The summed E-state index contributed by atoms with van der Waals surface area (Å²) in [7, 11) is 0. The average molecular weight is 315 g/mol. The number of carbonyl (C=O) groups excluding carboxylic acids is 2. The molecule has 1 aliphatic heterocycles. The van der Waals surface area contributed by atoms with Gasteiger partial charge in [0.15, 0.2) is 0 Å². The molecule has 0 aliphatic carbocycles. The largest absolute Gasteiger partial charge is 0.339 e. The van der Waals surface area contributed by atoms with Crippen LogP contribution in [0.15, 0.2) is 29.4 Å². The highest BCUT2D eigenvalue weighted by molar-refractivity contribution is 6.05. The van der Waals surface area contributed by atoms with Gasteiger partial charge in [-0.2, -0.15) is 0 Å². The van der Waals surface area contributed by atoms with Gasteiger partial charge in [-0.25, -0.2) is 0 Å². The van der Waals surface area contributed by atoms with Gasteiger partial charge in [-0.15, -0.1) is 0 Å². The van der Waals surface area contributed by atoms with Crippen LogP contribution in [0.3, 0.4) is 0 Å². The average Bonchev–Trinajstić information content (AvgIpc) is 2.94. The summed E-state index contributed by atoms with van der Waals surface area (Å²) in [6, 6.07) is 7.18. The molecule has 1 fully saturated rings. The predicted molar refractivity (Wildman–Crippen MR) is 88.2 cm³/mol. The van der Waals surface area contributed by atoms with E-state index in [1.165, 1.54) is 0 Å². The van der Waals surface area contributed by atoms with E-state index < -0.39 is 0 Å². The Kier molecular flexibility index (Phi) is 5.60. The number of anilines is 1. The molecule has 7 nitrogen and oxygen atoms in total. The van der Waals surface area contributed by atoms with Crippen molar-refractivity contribution in [2.75, 3.05) is 31.1 Å². The van der Waals surface area contributed by atoms with Gasteiger partial charge < -0.3 is 9.80 Å². The summed E-state index contributed by atoms with van der Waals surface area (Å²) in [4.78, 5) is 31.1. The van der Waals surface area contributed by atoms with Gasteiger partial charge in [-0.3, -0.25) is 9.59 Å². The van der Waals surface area contributed by atoms with E-state index >= 15 is 0 Å². The molecule has 0 radical (unpaired) electrons. The van der Waals surface area contributed by atoms with Crippen LogP contribution in [0.25, 0.3) is 10.4 Å². The Morgan fingerprint density at radius 1 is 1.39 bits per heavy atom. The minimum Gasteiger partial charge on any atom is -0.339 e. The first-order valence-corrected chi connectivity index (χ1v) is 7.81. The van der Waals surface area contributed by atoms with Gasteiger partial charge >= 0.3 is 0 Å². The maximum atomic E-state index is 12.7. The molecule has 0 spiro atoms. The fraction of sp³-hybridized carbons (Fsp3) is 0.500. The van der Waals surface area contributed by atoms with Crippen molar-refractivity contribution in [2.24, 2.45) is 11.0 Å². The van der Waals surface area contributed by atoms with E-state index in [9.17, 15) is 9.59 Å². The van der Waals surface area contributed by atoms with E-state index in [-0.39, 0.29) is 17.7 Å². The van der Waals surface area contributed by atoms with Gasteiger partial charge in [0.1, 0.15) is 0 Å². The van der Waals surface area contributed by atoms with Crippen molar-refractivity contribution >= 4 is 17.5 Å². The molecule has 0 aromatic heterocycles. The maximum absolute atomic E-state index is 12.7. The topological polar surface area (TPSA) is 89.4 Å². The predicted octanol–water partition coefficient (Wildman–Crippen LogP) is 2.83. The molecule has 1 unspecified atom stereocenters. The number of nitrogens with zero attached hydrogens (tertiary/aromatic N) is 5. The summed E-state index contributed by atoms with van der Waals surface area (Å²) in [5.74, 6) is -0.116. The van der Waals surface area contributed by atoms with Gasteiger partial charge in [-0.05, 0) is 37.4 Å². The lowest BCUT2D eigenvalue weighted by Gasteiger charge is -2.24. The van der Waals surface area contributed by atoms with Crippen LogP contribution >= 0.6 is 0 Å². The Hall–Kier alpha value is -2.53. The van der Waals surface area contributed by atoms with Crippen LogP contribution in [0.4, 0.5) is 5.69 Å². The number of amides is 2. The van der Waals surface area contributed by atoms with Crippen LogP contribution in [-0.2, 0) is 4.79 Å². The number of benzene rings is 1. The van der Waals surface area contributed by atoms with E-state index in [1.54, 1.807) is 28.0 Å². The molecule has 122 valence electrons. The van der Waals surface area contributed by atoms with Crippen molar-refractivity contribution in [3.63, 3.8) is 0 Å². The maximum Gasteiger partial charge on any atom is 0.255 e. The fourth-order valence-corrected chi connectivity index (χ4v) is 2.86. The van der Waals surface area contributed by atoms with E-state index in [2.05, 4.69) is 10.0 Å². The Morgan fingerprint density at radius 2 is 2.09 bits per heavy atom. The zero-order valence-electron chi connectivity index (χ0n) is 13.5. The van der Waals surface area contributed by atoms with Crippen LogP contribution < -0.4 is 4.90 Å². The van der Waals surface area contributed by atoms with Crippen LogP contribution in [0.5, 0.6) is 0 Å². The SMILES string of the molecule is CCN(CC)C(=O)c1ccccc1N1CC(CN=[N+]=[N-])CC1=O. The standard InChI is InChI=1S/C16H21N5O2/c1-3-20(4-2)16(23)13-7-5-6-8-14(13)21-11-12(9-15(21)22)10-18-19-17/h5-8,12H,3-4,9-11H2,1-2H3. The van der Waals surface area contributed by atoms with E-state index in [1.807, 2.05) is 19.9 Å². The van der Waals surface area contributed by atoms with Gasteiger partial charge in [0.2, 0.25) is 5.91 Å². The second kappa shape index (κ2) is 7.65. The molecule has 1 aromatic rings. The third kappa shape index (κ3) is 3.63. The first kappa shape index (κ1) is 16.8. The number of hydrogen-bond acceptors (Lipinski definition) is 3. The highest BCUT2D eigenvalue weighted by atomic mass is 16.2. The number of rotatable bonds is 6. The molecular weight excluding hydrogens is 294 g/mol. The monoisotopic (exact) mass is 315 g/mol. The highest BCUT2D eigenvalue weighted by Crippen LogP contribution is 2.29. The molecular formula is C16H21N5O2. The fourth-order valence-electron chi connectivity index (χ4n) is 2.86. The molecule has 2 amide bonds. The first-order valence-electron chi connectivity index (χ1n) is 7.81. The van der Waals surface area contributed by atoms with Crippen LogP contribution in [0.1, 0.15) is 30.6 Å². The Labute approximate surface area is 135 Å². The molecule has 1 aliphatic rings. The first-order chi connectivity index (χ1) is 11.1. The number of carbonyl (C=O) groups is 2. The van der Waals surface area contributed by atoms with Gasteiger partial charge in [0.25, 0.3) is 5.91 Å². The van der Waals surface area contributed by atoms with Crippen molar-refractivity contribution < 1.29 is 9.59 Å². The highest BCUT2D eigenvalue weighted by Gasteiger charge is 2.32. The van der Waals surface area contributed by atoms with Gasteiger partial charge in [0.05, 0.1) is 11.3 Å². The van der Waals surface area contributed by atoms with Crippen LogP contribution in [0.2, 0.25) is 0 Å². The zero-order valence-corrected chi connectivity index (χ0v) is 13.5. The third-order valence-electron chi connectivity index (χ3n) is 4.08. The lowest BCUT2D eigenvalue weighted by molar-refractivity contribution is -0.117. The summed E-state index contributed by atoms with van der Waals surface area (Å²) in [6.07, 6.45) is 0.340. The number of azide groups is 1. The summed E-state index contributed by atoms with van der Waals surface area (Å²) in [6.45, 7) is 5.88. The minimum atomic E-state index is -0.0723. The number of para-hydroxylation sites is 1. The van der Waals surface area contributed by atoms with Crippen molar-refractivity contribution in [3.8, 4) is 0 Å². The Morgan fingerprint density at radius 3 is 2.74 bits per heavy atom. The van der Waals surface area contributed by atoms with Crippen molar-refractivity contribution in [3.05, 3.63) is 40.3 Å². The summed E-state index contributed by atoms with van der Waals surface area (Å²) in [5, 5.41) is 3.56. The lowest BCUT2D eigenvalue weighted by atomic mass is 10.1. The van der Waals surface area contributed by atoms with Crippen molar-refractivity contribution in [1.82, 2.24) is 4.90 Å².